The van der Waals surface area contributed by atoms with Crippen LogP contribution in [0.25, 0.3) is 0 Å². The lowest BCUT2D eigenvalue weighted by Crippen LogP contribution is -2.14. The number of likely N-dealkylation sites (tertiary alicyclic amines) is 1. The van der Waals surface area contributed by atoms with Crippen LogP contribution in [0.15, 0.2) is 28.7 Å². The summed E-state index contributed by atoms with van der Waals surface area (Å²) < 4.78 is 1.21. The van der Waals surface area contributed by atoms with Crippen LogP contribution in [0.1, 0.15) is 44.1 Å². The van der Waals surface area contributed by atoms with Crippen LogP contribution < -0.4 is 0 Å². The minimum atomic E-state index is 0.743. The van der Waals surface area contributed by atoms with Crippen LogP contribution in [0.4, 0.5) is 0 Å². The lowest BCUT2D eigenvalue weighted by Gasteiger charge is -2.19. The molecule has 1 nitrogen and oxygen atoms in total. The number of halogens is 1. The molecule has 1 aromatic rings. The number of unbranched alkanes of at least 4 members (excludes halogenated alkanes) is 1. The van der Waals surface area contributed by atoms with E-state index in [-0.39, 0.29) is 0 Å². The number of aryl methyl sites for hydroxylation is 1. The van der Waals surface area contributed by atoms with Gasteiger partial charge in [-0.3, -0.25) is 4.90 Å². The highest BCUT2D eigenvalue weighted by molar-refractivity contribution is 9.10. The summed E-state index contributed by atoms with van der Waals surface area (Å²) in [5.41, 5.74) is 2.22. The van der Waals surface area contributed by atoms with Crippen molar-refractivity contribution in [3.8, 4) is 0 Å². The van der Waals surface area contributed by atoms with Crippen molar-refractivity contribution in [2.24, 2.45) is 11.8 Å². The van der Waals surface area contributed by atoms with Crippen LogP contribution in [0.3, 0.4) is 0 Å². The molecule has 0 radical (unpaired) electrons. The van der Waals surface area contributed by atoms with Crippen molar-refractivity contribution in [3.05, 3.63) is 34.3 Å². The Balaban J connectivity index is 1.20. The molecule has 0 bridgehead atoms. The van der Waals surface area contributed by atoms with E-state index in [1.54, 1.807) is 0 Å². The molecular formula is C18H24BrN. The summed E-state index contributed by atoms with van der Waals surface area (Å²) in [6.07, 6.45) is 9.99. The number of hydrogen-bond donors (Lipinski definition) is 0. The van der Waals surface area contributed by atoms with Gasteiger partial charge in [0.25, 0.3) is 0 Å². The predicted octanol–water partition coefficient (Wildman–Crippen LogP) is 4.64. The summed E-state index contributed by atoms with van der Waals surface area (Å²) in [4.78, 5) is 2.67. The largest absolute Gasteiger partial charge is 0.294 e. The Morgan fingerprint density at radius 3 is 3.00 bits per heavy atom. The molecule has 3 fully saturated rings. The summed E-state index contributed by atoms with van der Waals surface area (Å²) in [7, 11) is 2.35. The topological polar surface area (TPSA) is 3.01 Å². The molecule has 1 spiro atoms. The fraction of sp³-hybridized carbons (Fsp3) is 0.667. The second kappa shape index (κ2) is 4.84. The Hall–Kier alpha value is -0.340. The fourth-order valence-corrected chi connectivity index (χ4v) is 5.34. The van der Waals surface area contributed by atoms with Crippen molar-refractivity contribution >= 4 is 15.9 Å². The third kappa shape index (κ3) is 2.16. The van der Waals surface area contributed by atoms with E-state index in [9.17, 15) is 0 Å². The van der Waals surface area contributed by atoms with E-state index in [1.165, 1.54) is 55.0 Å². The highest BCUT2D eigenvalue weighted by atomic mass is 79.9. The molecule has 2 heteroatoms. The van der Waals surface area contributed by atoms with Crippen LogP contribution in [-0.4, -0.2) is 23.5 Å². The van der Waals surface area contributed by atoms with Crippen LogP contribution >= 0.6 is 15.9 Å². The molecule has 0 amide bonds. The zero-order valence-electron chi connectivity index (χ0n) is 12.3. The molecule has 108 valence electrons. The molecule has 1 heterocycles. The van der Waals surface area contributed by atoms with E-state index in [0.29, 0.717) is 0 Å². The lowest BCUT2D eigenvalue weighted by atomic mass is 9.85. The van der Waals surface area contributed by atoms with Crippen molar-refractivity contribution in [2.75, 3.05) is 7.05 Å². The highest BCUT2D eigenvalue weighted by Gasteiger charge is 2.76. The third-order valence-electron chi connectivity index (χ3n) is 6.15. The Morgan fingerprint density at radius 2 is 2.20 bits per heavy atom. The van der Waals surface area contributed by atoms with E-state index < -0.39 is 0 Å². The van der Waals surface area contributed by atoms with Crippen LogP contribution in [0.2, 0.25) is 0 Å². The molecule has 1 aliphatic heterocycles. The quantitative estimate of drug-likeness (QED) is 0.560. The van der Waals surface area contributed by atoms with Crippen molar-refractivity contribution in [1.82, 2.24) is 4.90 Å². The first-order valence-electron chi connectivity index (χ1n) is 8.17. The first kappa shape index (κ1) is 13.3. The standard InChI is InChI=1S/C18H24BrN/c1-20-17-11-14(9-15-12-18(15,17)20)6-3-2-5-13-7-4-8-16(19)10-13/h4,7-8,10,14-15,17H,2-3,5-6,9,11-12H2,1H3. The SMILES string of the molecule is CN1C2CC(CCCCc3cccc(Br)c3)CC3CC321. The summed E-state index contributed by atoms with van der Waals surface area (Å²) >= 11 is 3.56. The van der Waals surface area contributed by atoms with Gasteiger partial charge in [-0.2, -0.15) is 0 Å². The normalized spacial score (nSPS) is 40.9. The first-order valence-corrected chi connectivity index (χ1v) is 8.97. The fourth-order valence-electron chi connectivity index (χ4n) is 4.90. The maximum absolute atomic E-state index is 3.56. The first-order chi connectivity index (χ1) is 9.70. The molecule has 1 aromatic carbocycles. The van der Waals surface area contributed by atoms with Gasteiger partial charge in [-0.25, -0.2) is 0 Å². The van der Waals surface area contributed by atoms with Crippen LogP contribution in [0, 0.1) is 11.8 Å². The molecule has 2 saturated carbocycles. The number of rotatable bonds is 5. The van der Waals surface area contributed by atoms with E-state index in [0.717, 1.165) is 23.4 Å². The molecule has 20 heavy (non-hydrogen) atoms. The molecule has 0 N–H and O–H groups in total. The van der Waals surface area contributed by atoms with Crippen molar-refractivity contribution in [2.45, 2.75) is 56.5 Å². The van der Waals surface area contributed by atoms with E-state index in [4.69, 9.17) is 0 Å². The van der Waals surface area contributed by atoms with Gasteiger partial charge in [-0.15, -0.1) is 0 Å². The third-order valence-corrected chi connectivity index (χ3v) is 6.64. The van der Waals surface area contributed by atoms with Gasteiger partial charge >= 0.3 is 0 Å². The minimum Gasteiger partial charge on any atom is -0.294 e. The van der Waals surface area contributed by atoms with Gasteiger partial charge in [-0.1, -0.05) is 40.9 Å². The van der Waals surface area contributed by atoms with Gasteiger partial charge in [0.15, 0.2) is 0 Å². The smallest absolute Gasteiger partial charge is 0.0397 e. The highest BCUT2D eigenvalue weighted by Crippen LogP contribution is 2.70. The molecular weight excluding hydrogens is 310 g/mol. The average Bonchev–Trinajstić information content (AvgIpc) is 3.29. The van der Waals surface area contributed by atoms with Crippen LogP contribution in [-0.2, 0) is 6.42 Å². The summed E-state index contributed by atoms with van der Waals surface area (Å²) in [6.45, 7) is 0. The Labute approximate surface area is 130 Å². The minimum absolute atomic E-state index is 0.743. The summed E-state index contributed by atoms with van der Waals surface area (Å²) in [5, 5.41) is 0. The summed E-state index contributed by atoms with van der Waals surface area (Å²) in [6, 6.07) is 9.74. The molecule has 4 rings (SSSR count). The van der Waals surface area contributed by atoms with Gasteiger partial charge in [0, 0.05) is 16.1 Å². The molecule has 5 unspecified atom stereocenters. The Kier molecular flexibility index (Phi) is 3.23. The second-order valence-corrected chi connectivity index (χ2v) is 8.15. The Bertz CT molecular complexity index is 514. The molecule has 1 saturated heterocycles. The maximum Gasteiger partial charge on any atom is 0.0397 e. The number of likely N-dealkylation sites (N-methyl/N-ethyl adjacent to an activating group) is 1. The molecule has 0 aromatic heterocycles. The van der Waals surface area contributed by atoms with E-state index >= 15 is 0 Å². The van der Waals surface area contributed by atoms with Crippen molar-refractivity contribution in [3.63, 3.8) is 0 Å². The molecule has 3 aliphatic rings. The number of benzene rings is 1. The van der Waals surface area contributed by atoms with E-state index in [2.05, 4.69) is 52.1 Å². The van der Waals surface area contributed by atoms with Gasteiger partial charge in [0.2, 0.25) is 0 Å². The number of hydrogen-bond acceptors (Lipinski definition) is 1. The van der Waals surface area contributed by atoms with Crippen LogP contribution in [0.5, 0.6) is 0 Å². The lowest BCUT2D eigenvalue weighted by molar-refractivity contribution is 0.350. The zero-order chi connectivity index (χ0) is 13.7. The Morgan fingerprint density at radius 1 is 1.30 bits per heavy atom. The van der Waals surface area contributed by atoms with Gasteiger partial charge in [0.05, 0.1) is 0 Å². The van der Waals surface area contributed by atoms with Crippen molar-refractivity contribution < 1.29 is 0 Å². The molecule has 5 atom stereocenters. The van der Waals surface area contributed by atoms with Gasteiger partial charge in [-0.05, 0) is 68.7 Å². The van der Waals surface area contributed by atoms with E-state index in [1.807, 2.05) is 0 Å². The second-order valence-electron chi connectivity index (χ2n) is 7.23. The average molecular weight is 334 g/mol. The predicted molar refractivity (Wildman–Crippen MR) is 86.8 cm³/mol. The van der Waals surface area contributed by atoms with Gasteiger partial charge in [0.1, 0.15) is 0 Å². The summed E-state index contributed by atoms with van der Waals surface area (Å²) in [5.74, 6) is 2.09. The maximum atomic E-state index is 3.56. The monoisotopic (exact) mass is 333 g/mol. The number of nitrogens with zero attached hydrogens (tertiary/aromatic N) is 1. The van der Waals surface area contributed by atoms with Gasteiger partial charge < -0.3 is 0 Å². The molecule has 2 aliphatic carbocycles. The zero-order valence-corrected chi connectivity index (χ0v) is 13.9. The van der Waals surface area contributed by atoms with Crippen molar-refractivity contribution in [1.29, 1.82) is 0 Å².